The largest absolute Gasteiger partial charge is 0.440 e. The molecular weight excluding hydrogens is 419 g/mol. The Morgan fingerprint density at radius 3 is 2.32 bits per heavy atom. The van der Waals surface area contributed by atoms with Gasteiger partial charge in [0, 0.05) is 16.3 Å². The molecule has 6 nitrogen and oxygen atoms in total. The predicted octanol–water partition coefficient (Wildman–Crippen LogP) is 2.81. The van der Waals surface area contributed by atoms with Crippen LogP contribution in [0.5, 0.6) is 0 Å². The maximum atomic E-state index is 13.4. The van der Waals surface area contributed by atoms with E-state index in [1.807, 2.05) is 0 Å². The molecule has 0 saturated carbocycles. The van der Waals surface area contributed by atoms with Crippen molar-refractivity contribution < 1.29 is 26.7 Å². The van der Waals surface area contributed by atoms with Crippen LogP contribution in [0.25, 0.3) is 0 Å². The van der Waals surface area contributed by atoms with Gasteiger partial charge in [-0.05, 0) is 42.8 Å². The summed E-state index contributed by atoms with van der Waals surface area (Å²) in [6, 6.07) is 9.50. The van der Waals surface area contributed by atoms with Crippen molar-refractivity contribution in [1.29, 1.82) is 0 Å². The monoisotopic (exact) mass is 433 g/mol. The Kier molecular flexibility index (Phi) is 4.95. The number of hydrogen-bond donors (Lipinski definition) is 2. The predicted molar refractivity (Wildman–Crippen MR) is 98.9 cm³/mol. The van der Waals surface area contributed by atoms with Crippen LogP contribution in [0.1, 0.15) is 11.1 Å². The molecule has 1 atom stereocenters. The van der Waals surface area contributed by atoms with Gasteiger partial charge in [-0.3, -0.25) is 0 Å². The molecule has 1 aliphatic rings. The third-order valence-corrected chi connectivity index (χ3v) is 5.62. The minimum Gasteiger partial charge on any atom is -0.361 e. The second-order valence-electron chi connectivity index (χ2n) is 6.34. The molecular formula is C17H15ClF3N3O3S. The van der Waals surface area contributed by atoms with E-state index in [9.17, 15) is 26.7 Å². The summed E-state index contributed by atoms with van der Waals surface area (Å²) in [5, 5.41) is 15.5. The summed E-state index contributed by atoms with van der Waals surface area (Å²) in [6.45, 7) is 0.838. The first kappa shape index (κ1) is 20.6. The van der Waals surface area contributed by atoms with E-state index in [0.29, 0.717) is 5.02 Å². The van der Waals surface area contributed by atoms with E-state index in [-0.39, 0.29) is 22.0 Å². The van der Waals surface area contributed by atoms with Gasteiger partial charge in [-0.15, -0.1) is 0 Å². The van der Waals surface area contributed by atoms with Crippen LogP contribution in [0, 0.1) is 6.92 Å². The molecule has 0 aliphatic carbocycles. The Balaban J connectivity index is 2.10. The van der Waals surface area contributed by atoms with Crippen LogP contribution in [-0.2, 0) is 10.0 Å². The Morgan fingerprint density at radius 2 is 1.82 bits per heavy atom. The molecule has 3 N–H and O–H groups in total. The number of benzene rings is 2. The lowest BCUT2D eigenvalue weighted by Crippen LogP contribution is -2.47. The lowest BCUT2D eigenvalue weighted by molar-refractivity contribution is -0.249. The second kappa shape index (κ2) is 6.73. The number of β-amino-alcohol motifs (C(OH)–C–C–N with tert-alkyl or cyclic N) is 1. The van der Waals surface area contributed by atoms with Gasteiger partial charge < -0.3 is 10.0 Å². The molecule has 2 aromatic carbocycles. The SMILES string of the molecule is Cc1ccc(C2=NC(O)(C(F)(F)F)CN2c2ccc(S(N)(=O)=O)cc2)cc1Cl. The van der Waals surface area contributed by atoms with Crippen molar-refractivity contribution in [3.8, 4) is 0 Å². The topological polar surface area (TPSA) is 96.0 Å². The number of anilines is 1. The normalized spacial score (nSPS) is 20.4. The summed E-state index contributed by atoms with van der Waals surface area (Å²) >= 11 is 6.08. The fraction of sp³-hybridized carbons (Fsp3) is 0.235. The van der Waals surface area contributed by atoms with E-state index in [0.717, 1.165) is 22.6 Å². The van der Waals surface area contributed by atoms with Gasteiger partial charge in [-0.25, -0.2) is 18.5 Å². The Morgan fingerprint density at radius 1 is 1.21 bits per heavy atom. The van der Waals surface area contributed by atoms with E-state index in [1.165, 1.54) is 24.3 Å². The number of aliphatic imine (C=N–C) groups is 1. The van der Waals surface area contributed by atoms with Gasteiger partial charge in [0.15, 0.2) is 0 Å². The Labute approximate surface area is 164 Å². The van der Waals surface area contributed by atoms with E-state index in [1.54, 1.807) is 13.0 Å². The minimum atomic E-state index is -5.01. The molecule has 0 fully saturated rings. The summed E-state index contributed by atoms with van der Waals surface area (Å²) in [6.07, 6.45) is -5.01. The quantitative estimate of drug-likeness (QED) is 0.778. The van der Waals surface area contributed by atoms with Gasteiger partial charge in [-0.1, -0.05) is 23.7 Å². The van der Waals surface area contributed by atoms with Crippen LogP contribution < -0.4 is 10.0 Å². The van der Waals surface area contributed by atoms with Crippen LogP contribution in [0.3, 0.4) is 0 Å². The van der Waals surface area contributed by atoms with E-state index in [2.05, 4.69) is 4.99 Å². The van der Waals surface area contributed by atoms with Crippen LogP contribution in [0.2, 0.25) is 5.02 Å². The van der Waals surface area contributed by atoms with Crippen molar-refractivity contribution in [3.63, 3.8) is 0 Å². The lowest BCUT2D eigenvalue weighted by atomic mass is 10.1. The first-order chi connectivity index (χ1) is 12.8. The van der Waals surface area contributed by atoms with Crippen LogP contribution in [0.4, 0.5) is 18.9 Å². The van der Waals surface area contributed by atoms with Crippen molar-refractivity contribution in [2.75, 3.05) is 11.4 Å². The molecule has 0 bridgehead atoms. The molecule has 0 amide bonds. The van der Waals surface area contributed by atoms with Crippen LogP contribution in [-0.4, -0.2) is 37.8 Å². The maximum Gasteiger partial charge on any atom is 0.440 e. The standard InChI is InChI=1S/C17H15ClF3N3O3S/c1-10-2-3-11(8-14(10)18)15-23-16(25,17(19,20)21)9-24(15)12-4-6-13(7-5-12)28(22,26)27/h2-8,25H,9H2,1H3,(H2,22,26,27). The van der Waals surface area contributed by atoms with E-state index >= 15 is 0 Å². The van der Waals surface area contributed by atoms with Gasteiger partial charge in [0.05, 0.1) is 11.4 Å². The highest BCUT2D eigenvalue weighted by Crippen LogP contribution is 2.39. The Bertz CT molecular complexity index is 1060. The fourth-order valence-electron chi connectivity index (χ4n) is 2.70. The number of alkyl halides is 3. The Hall–Kier alpha value is -2.14. The highest BCUT2D eigenvalue weighted by Gasteiger charge is 2.58. The maximum absolute atomic E-state index is 13.4. The number of aryl methyl sites for hydroxylation is 1. The summed E-state index contributed by atoms with van der Waals surface area (Å²) in [7, 11) is -3.96. The molecule has 3 rings (SSSR count). The second-order valence-corrected chi connectivity index (χ2v) is 8.31. The molecule has 11 heteroatoms. The van der Waals surface area contributed by atoms with Crippen molar-refractivity contribution in [2.45, 2.75) is 23.7 Å². The molecule has 1 heterocycles. The van der Waals surface area contributed by atoms with Crippen LogP contribution >= 0.6 is 11.6 Å². The lowest BCUT2D eigenvalue weighted by Gasteiger charge is -2.25. The first-order valence-corrected chi connectivity index (χ1v) is 9.80. The number of aliphatic hydroxyl groups is 1. The van der Waals surface area contributed by atoms with Gasteiger partial charge in [0.2, 0.25) is 10.0 Å². The molecule has 0 radical (unpaired) electrons. The number of rotatable bonds is 3. The van der Waals surface area contributed by atoms with E-state index in [4.69, 9.17) is 16.7 Å². The first-order valence-electron chi connectivity index (χ1n) is 7.88. The van der Waals surface area contributed by atoms with Crippen molar-refractivity contribution in [2.24, 2.45) is 10.1 Å². The molecule has 1 unspecified atom stereocenters. The molecule has 1 aliphatic heterocycles. The third kappa shape index (κ3) is 3.72. The number of halogens is 4. The average Bonchev–Trinajstić information content (AvgIpc) is 2.96. The van der Waals surface area contributed by atoms with Crippen molar-refractivity contribution >= 4 is 33.1 Å². The zero-order chi connectivity index (χ0) is 20.9. The molecule has 0 aromatic heterocycles. The molecule has 2 aromatic rings. The molecule has 0 spiro atoms. The molecule has 0 saturated heterocycles. The minimum absolute atomic E-state index is 0.148. The average molecular weight is 434 g/mol. The highest BCUT2D eigenvalue weighted by atomic mass is 35.5. The number of nitrogens with two attached hydrogens (primary N) is 1. The fourth-order valence-corrected chi connectivity index (χ4v) is 3.40. The van der Waals surface area contributed by atoms with Crippen molar-refractivity contribution in [1.82, 2.24) is 0 Å². The van der Waals surface area contributed by atoms with Gasteiger partial charge in [-0.2, -0.15) is 13.2 Å². The van der Waals surface area contributed by atoms with Crippen LogP contribution in [0.15, 0.2) is 52.4 Å². The molecule has 28 heavy (non-hydrogen) atoms. The number of sulfonamides is 1. The third-order valence-electron chi connectivity index (χ3n) is 4.29. The smallest absolute Gasteiger partial charge is 0.361 e. The highest BCUT2D eigenvalue weighted by molar-refractivity contribution is 7.89. The number of primary sulfonamides is 1. The zero-order valence-electron chi connectivity index (χ0n) is 14.4. The number of amidine groups is 1. The van der Waals surface area contributed by atoms with E-state index < -0.39 is 28.5 Å². The summed E-state index contributed by atoms with van der Waals surface area (Å²) in [5.41, 5.74) is -2.13. The number of nitrogens with zero attached hydrogens (tertiary/aromatic N) is 2. The summed E-state index contributed by atoms with van der Waals surface area (Å²) in [5.74, 6) is -0.148. The van der Waals surface area contributed by atoms with Crippen molar-refractivity contribution in [3.05, 3.63) is 58.6 Å². The zero-order valence-corrected chi connectivity index (χ0v) is 16.0. The summed E-state index contributed by atoms with van der Waals surface area (Å²) < 4.78 is 62.9. The van der Waals surface area contributed by atoms with Gasteiger partial charge in [0.25, 0.3) is 5.72 Å². The number of hydrogen-bond acceptors (Lipinski definition) is 5. The molecule has 150 valence electrons. The van der Waals surface area contributed by atoms with Gasteiger partial charge in [0.1, 0.15) is 5.84 Å². The van der Waals surface area contributed by atoms with Gasteiger partial charge >= 0.3 is 6.18 Å². The summed E-state index contributed by atoms with van der Waals surface area (Å²) in [4.78, 5) is 4.48.